The van der Waals surface area contributed by atoms with E-state index in [0.29, 0.717) is 22.6 Å². The fraction of sp³-hybridized carbons (Fsp3) is 0.300. The Hall–Kier alpha value is -2.93. The van der Waals surface area contributed by atoms with E-state index in [1.165, 1.54) is 17.7 Å². The van der Waals surface area contributed by atoms with E-state index < -0.39 is 4.92 Å². The molecule has 2 heterocycles. The number of hydrogen-bond acceptors (Lipinski definition) is 6. The molecule has 1 saturated heterocycles. The van der Waals surface area contributed by atoms with Crippen molar-refractivity contribution in [3.05, 3.63) is 63.4 Å². The van der Waals surface area contributed by atoms with Crippen molar-refractivity contribution < 1.29 is 9.66 Å². The van der Waals surface area contributed by atoms with Crippen LogP contribution in [-0.2, 0) is 0 Å². The molecule has 2 aromatic carbocycles. The first-order valence-electron chi connectivity index (χ1n) is 9.06. The molecule has 0 N–H and O–H groups in total. The molecule has 8 heteroatoms. The Bertz CT molecular complexity index is 1040. The second-order valence-electron chi connectivity index (χ2n) is 6.78. The lowest BCUT2D eigenvalue weighted by atomic mass is 9.88. The number of anilines is 1. The van der Waals surface area contributed by atoms with Crippen molar-refractivity contribution in [1.29, 1.82) is 0 Å². The fourth-order valence-electron chi connectivity index (χ4n) is 3.83. The first-order valence-corrected chi connectivity index (χ1v) is 9.44. The Kier molecular flexibility index (Phi) is 5.00. The standard InChI is InChI=1S/C20H19ClN4O3/c1-28-18-5-3-2-4-15(18)13-8-10-24(11-9-13)19-16-12-14(25(26)27)6-7-17(16)22-20(21)23-19/h2-7,12-13H,8-11H2,1H3. The van der Waals surface area contributed by atoms with Crippen LogP contribution in [0.3, 0.4) is 0 Å². The van der Waals surface area contributed by atoms with E-state index in [2.05, 4.69) is 20.9 Å². The normalized spacial score (nSPS) is 15.0. The second kappa shape index (κ2) is 7.59. The smallest absolute Gasteiger partial charge is 0.270 e. The number of nitro groups is 1. The lowest BCUT2D eigenvalue weighted by Crippen LogP contribution is -2.33. The van der Waals surface area contributed by atoms with Gasteiger partial charge in [-0.2, -0.15) is 4.98 Å². The molecular weight excluding hydrogens is 380 g/mol. The van der Waals surface area contributed by atoms with Gasteiger partial charge in [-0.3, -0.25) is 10.1 Å². The number of methoxy groups -OCH3 is 1. The second-order valence-corrected chi connectivity index (χ2v) is 7.12. The monoisotopic (exact) mass is 398 g/mol. The molecule has 7 nitrogen and oxygen atoms in total. The van der Waals surface area contributed by atoms with Crippen LogP contribution in [0.1, 0.15) is 24.3 Å². The zero-order valence-electron chi connectivity index (χ0n) is 15.3. The van der Waals surface area contributed by atoms with Crippen molar-refractivity contribution in [1.82, 2.24) is 9.97 Å². The first-order chi connectivity index (χ1) is 13.6. The zero-order chi connectivity index (χ0) is 19.7. The summed E-state index contributed by atoms with van der Waals surface area (Å²) in [5.41, 5.74) is 1.84. The fourth-order valence-corrected chi connectivity index (χ4v) is 4.00. The minimum absolute atomic E-state index is 0.0172. The van der Waals surface area contributed by atoms with Crippen molar-refractivity contribution in [2.24, 2.45) is 0 Å². The van der Waals surface area contributed by atoms with Gasteiger partial charge in [-0.1, -0.05) is 18.2 Å². The van der Waals surface area contributed by atoms with Gasteiger partial charge in [0.2, 0.25) is 5.28 Å². The summed E-state index contributed by atoms with van der Waals surface area (Å²) in [5, 5.41) is 12.0. The van der Waals surface area contributed by atoms with Gasteiger partial charge in [0.1, 0.15) is 11.6 Å². The Morgan fingerprint density at radius 1 is 1.18 bits per heavy atom. The molecule has 0 spiro atoms. The number of nitrogens with zero attached hydrogens (tertiary/aromatic N) is 4. The summed E-state index contributed by atoms with van der Waals surface area (Å²) in [6, 6.07) is 12.7. The maximum absolute atomic E-state index is 11.2. The Morgan fingerprint density at radius 2 is 1.93 bits per heavy atom. The maximum atomic E-state index is 11.2. The van der Waals surface area contributed by atoms with Crippen molar-refractivity contribution in [3.8, 4) is 5.75 Å². The van der Waals surface area contributed by atoms with Gasteiger partial charge in [0, 0.05) is 30.6 Å². The molecule has 28 heavy (non-hydrogen) atoms. The number of benzene rings is 2. The minimum atomic E-state index is -0.411. The van der Waals surface area contributed by atoms with E-state index in [4.69, 9.17) is 16.3 Å². The number of para-hydroxylation sites is 1. The van der Waals surface area contributed by atoms with Gasteiger partial charge in [-0.05, 0) is 48.1 Å². The molecule has 3 aromatic rings. The third-order valence-corrected chi connectivity index (χ3v) is 5.39. The summed E-state index contributed by atoms with van der Waals surface area (Å²) in [4.78, 5) is 21.5. The van der Waals surface area contributed by atoms with Crippen LogP contribution in [0.25, 0.3) is 10.9 Å². The molecular formula is C20H19ClN4O3. The molecule has 0 bridgehead atoms. The number of ether oxygens (including phenoxy) is 1. The zero-order valence-corrected chi connectivity index (χ0v) is 16.1. The molecule has 0 atom stereocenters. The number of non-ortho nitro benzene ring substituents is 1. The molecule has 1 fully saturated rings. The number of fused-ring (bicyclic) bond motifs is 1. The van der Waals surface area contributed by atoms with Gasteiger partial charge in [0.15, 0.2) is 0 Å². The van der Waals surface area contributed by atoms with Gasteiger partial charge in [0.25, 0.3) is 5.69 Å². The molecule has 0 aliphatic carbocycles. The molecule has 4 rings (SSSR count). The van der Waals surface area contributed by atoms with E-state index in [1.54, 1.807) is 13.2 Å². The number of piperidine rings is 1. The highest BCUT2D eigenvalue weighted by Gasteiger charge is 2.25. The molecule has 0 unspecified atom stereocenters. The lowest BCUT2D eigenvalue weighted by molar-refractivity contribution is -0.384. The van der Waals surface area contributed by atoms with E-state index in [1.807, 2.05) is 18.2 Å². The summed E-state index contributed by atoms with van der Waals surface area (Å²) < 4.78 is 5.50. The molecule has 1 aliphatic rings. The van der Waals surface area contributed by atoms with Crippen LogP contribution >= 0.6 is 11.6 Å². The third-order valence-electron chi connectivity index (χ3n) is 5.22. The average molecular weight is 399 g/mol. The van der Waals surface area contributed by atoms with Crippen molar-refractivity contribution in [2.45, 2.75) is 18.8 Å². The Labute approximate surface area is 167 Å². The quantitative estimate of drug-likeness (QED) is 0.363. The Morgan fingerprint density at radius 3 is 2.64 bits per heavy atom. The van der Waals surface area contributed by atoms with Crippen LogP contribution in [0.15, 0.2) is 42.5 Å². The van der Waals surface area contributed by atoms with Gasteiger partial charge in [0.05, 0.1) is 17.5 Å². The molecule has 0 radical (unpaired) electrons. The maximum Gasteiger partial charge on any atom is 0.270 e. The molecule has 144 valence electrons. The minimum Gasteiger partial charge on any atom is -0.496 e. The highest BCUT2D eigenvalue weighted by molar-refractivity contribution is 6.28. The van der Waals surface area contributed by atoms with Crippen molar-refractivity contribution in [3.63, 3.8) is 0 Å². The number of aromatic nitrogens is 2. The van der Waals surface area contributed by atoms with Gasteiger partial charge >= 0.3 is 0 Å². The summed E-state index contributed by atoms with van der Waals surface area (Å²) in [5.74, 6) is 1.95. The number of hydrogen-bond donors (Lipinski definition) is 0. The van der Waals surface area contributed by atoms with Gasteiger partial charge in [-0.15, -0.1) is 0 Å². The summed E-state index contributed by atoms with van der Waals surface area (Å²) in [6.07, 6.45) is 1.86. The Balaban J connectivity index is 1.63. The SMILES string of the molecule is COc1ccccc1C1CCN(c2nc(Cl)nc3ccc([N+](=O)[O-])cc23)CC1. The average Bonchev–Trinajstić information content (AvgIpc) is 2.72. The third kappa shape index (κ3) is 3.45. The van der Waals surface area contributed by atoms with E-state index in [-0.39, 0.29) is 11.0 Å². The van der Waals surface area contributed by atoms with E-state index in [9.17, 15) is 10.1 Å². The van der Waals surface area contributed by atoms with Crippen molar-refractivity contribution >= 4 is 34.0 Å². The molecule has 0 saturated carbocycles. The summed E-state index contributed by atoms with van der Waals surface area (Å²) in [6.45, 7) is 1.54. The lowest BCUT2D eigenvalue weighted by Gasteiger charge is -2.34. The van der Waals surface area contributed by atoms with Crippen molar-refractivity contribution in [2.75, 3.05) is 25.1 Å². The number of rotatable bonds is 4. The van der Waals surface area contributed by atoms with Gasteiger partial charge in [-0.25, -0.2) is 4.98 Å². The first kappa shape index (κ1) is 18.4. The number of nitro benzene ring substituents is 1. The highest BCUT2D eigenvalue weighted by atomic mass is 35.5. The van der Waals surface area contributed by atoms with Crippen LogP contribution < -0.4 is 9.64 Å². The van der Waals surface area contributed by atoms with Crippen LogP contribution in [0.2, 0.25) is 5.28 Å². The van der Waals surface area contributed by atoms with Crippen LogP contribution in [-0.4, -0.2) is 35.1 Å². The summed E-state index contributed by atoms with van der Waals surface area (Å²) >= 11 is 6.11. The topological polar surface area (TPSA) is 81.4 Å². The summed E-state index contributed by atoms with van der Waals surface area (Å²) in [7, 11) is 1.69. The van der Waals surface area contributed by atoms with Gasteiger partial charge < -0.3 is 9.64 Å². The molecule has 1 aliphatic heterocycles. The van der Waals surface area contributed by atoms with Crippen LogP contribution in [0, 0.1) is 10.1 Å². The molecule has 1 aromatic heterocycles. The molecule has 0 amide bonds. The van der Waals surface area contributed by atoms with Crippen LogP contribution in [0.4, 0.5) is 11.5 Å². The number of halogens is 1. The predicted molar refractivity (Wildman–Crippen MR) is 108 cm³/mol. The highest BCUT2D eigenvalue weighted by Crippen LogP contribution is 2.37. The van der Waals surface area contributed by atoms with Crippen LogP contribution in [0.5, 0.6) is 5.75 Å². The van der Waals surface area contributed by atoms with E-state index >= 15 is 0 Å². The van der Waals surface area contributed by atoms with E-state index in [0.717, 1.165) is 31.7 Å². The largest absolute Gasteiger partial charge is 0.496 e. The predicted octanol–water partition coefficient (Wildman–Crippen LogP) is 4.58.